The minimum atomic E-state index is -2.06. The molecule has 2 unspecified atom stereocenters. The topological polar surface area (TPSA) is 87.0 Å². The van der Waals surface area contributed by atoms with E-state index in [4.69, 9.17) is 0 Å². The van der Waals surface area contributed by atoms with E-state index in [2.05, 4.69) is 4.74 Å². The summed E-state index contributed by atoms with van der Waals surface area (Å²) in [4.78, 5) is 12.0. The van der Waals surface area contributed by atoms with Crippen LogP contribution in [0.3, 0.4) is 0 Å². The van der Waals surface area contributed by atoms with Crippen LogP contribution in [0, 0.1) is 0 Å². The fraction of sp³-hybridized carbons (Fsp3) is 0.214. The summed E-state index contributed by atoms with van der Waals surface area (Å²) in [6.07, 6.45) is 0.595. The molecule has 5 nitrogen and oxygen atoms in total. The smallest absolute Gasteiger partial charge is 0.220 e. The number of rotatable bonds is 2. The Bertz CT molecular complexity index is 546. The van der Waals surface area contributed by atoms with Crippen molar-refractivity contribution in [3.05, 3.63) is 53.6 Å². The summed E-state index contributed by atoms with van der Waals surface area (Å²) in [6.45, 7) is 0. The molecule has 3 N–H and O–H groups in total. The standard InChI is InChI=1S/C14H14O5/c1-19-14(18)8-7-10(12(16)13(14)17)11(15)9-5-3-2-4-6-9/h2-8,13,15,17-18H,1H3. The van der Waals surface area contributed by atoms with E-state index >= 15 is 0 Å². The fourth-order valence-electron chi connectivity index (χ4n) is 1.84. The highest BCUT2D eigenvalue weighted by atomic mass is 16.6. The molecule has 0 saturated heterocycles. The van der Waals surface area contributed by atoms with Gasteiger partial charge in [0.05, 0.1) is 5.57 Å². The number of methoxy groups -OCH3 is 1. The van der Waals surface area contributed by atoms with Gasteiger partial charge in [-0.1, -0.05) is 30.3 Å². The van der Waals surface area contributed by atoms with Gasteiger partial charge in [0.25, 0.3) is 0 Å². The number of allylic oxidation sites excluding steroid dienone is 1. The van der Waals surface area contributed by atoms with Crippen molar-refractivity contribution >= 4 is 11.5 Å². The van der Waals surface area contributed by atoms with Crippen LogP contribution in [-0.2, 0) is 9.53 Å². The highest BCUT2D eigenvalue weighted by Gasteiger charge is 2.43. The van der Waals surface area contributed by atoms with Crippen LogP contribution in [0.25, 0.3) is 5.76 Å². The molecule has 0 amide bonds. The molecule has 100 valence electrons. The Morgan fingerprint density at radius 2 is 1.95 bits per heavy atom. The maximum Gasteiger partial charge on any atom is 0.220 e. The van der Waals surface area contributed by atoms with E-state index in [9.17, 15) is 20.1 Å². The summed E-state index contributed by atoms with van der Waals surface area (Å²) < 4.78 is 4.69. The van der Waals surface area contributed by atoms with Crippen molar-refractivity contribution in [3.63, 3.8) is 0 Å². The van der Waals surface area contributed by atoms with Crippen molar-refractivity contribution in [2.45, 2.75) is 11.9 Å². The van der Waals surface area contributed by atoms with Crippen LogP contribution in [0.4, 0.5) is 0 Å². The van der Waals surface area contributed by atoms with E-state index in [-0.39, 0.29) is 11.3 Å². The van der Waals surface area contributed by atoms with Gasteiger partial charge < -0.3 is 20.1 Å². The SMILES string of the molecule is COC1(O)C=CC(=C(O)c2ccccc2)C(=O)C1O. The quantitative estimate of drug-likeness (QED) is 0.417. The third-order valence-electron chi connectivity index (χ3n) is 3.02. The van der Waals surface area contributed by atoms with Crippen LogP contribution in [0.15, 0.2) is 48.1 Å². The summed E-state index contributed by atoms with van der Waals surface area (Å²) in [5, 5.41) is 29.6. The summed E-state index contributed by atoms with van der Waals surface area (Å²) in [5.74, 6) is -3.11. The Kier molecular flexibility index (Phi) is 3.53. The van der Waals surface area contributed by atoms with Crippen LogP contribution in [-0.4, -0.2) is 40.1 Å². The third-order valence-corrected chi connectivity index (χ3v) is 3.02. The van der Waals surface area contributed by atoms with E-state index in [0.717, 1.165) is 6.08 Å². The summed E-state index contributed by atoms with van der Waals surface area (Å²) in [5.41, 5.74) is 0.381. The molecule has 0 fully saturated rings. The molecule has 2 rings (SSSR count). The molecule has 1 aromatic rings. The van der Waals surface area contributed by atoms with Crippen molar-refractivity contribution in [1.82, 2.24) is 0 Å². The Balaban J connectivity index is 2.48. The molecule has 1 aliphatic carbocycles. The van der Waals surface area contributed by atoms with Gasteiger partial charge in [0.2, 0.25) is 11.6 Å². The molecule has 1 aliphatic rings. The molecule has 19 heavy (non-hydrogen) atoms. The lowest BCUT2D eigenvalue weighted by Gasteiger charge is -2.30. The second-order valence-corrected chi connectivity index (χ2v) is 4.18. The van der Waals surface area contributed by atoms with Crippen LogP contribution in [0.5, 0.6) is 0 Å². The minimum Gasteiger partial charge on any atom is -0.507 e. The summed E-state index contributed by atoms with van der Waals surface area (Å²) >= 11 is 0. The van der Waals surface area contributed by atoms with Gasteiger partial charge in [0.1, 0.15) is 5.76 Å². The van der Waals surface area contributed by atoms with E-state index in [1.807, 2.05) is 0 Å². The predicted molar refractivity (Wildman–Crippen MR) is 68.1 cm³/mol. The molecule has 0 aliphatic heterocycles. The van der Waals surface area contributed by atoms with Crippen LogP contribution in [0.2, 0.25) is 0 Å². The van der Waals surface area contributed by atoms with Crippen molar-refractivity contribution in [3.8, 4) is 0 Å². The predicted octanol–water partition coefficient (Wildman–Crippen LogP) is 0.790. The zero-order valence-electron chi connectivity index (χ0n) is 10.3. The van der Waals surface area contributed by atoms with Gasteiger partial charge in [0, 0.05) is 12.7 Å². The highest BCUT2D eigenvalue weighted by Crippen LogP contribution is 2.28. The second-order valence-electron chi connectivity index (χ2n) is 4.18. The normalized spacial score (nSPS) is 29.4. The van der Waals surface area contributed by atoms with Gasteiger partial charge >= 0.3 is 0 Å². The first-order valence-electron chi connectivity index (χ1n) is 5.67. The van der Waals surface area contributed by atoms with Crippen LogP contribution < -0.4 is 0 Å². The van der Waals surface area contributed by atoms with Gasteiger partial charge in [-0.3, -0.25) is 4.79 Å². The molecule has 0 aromatic heterocycles. The van der Waals surface area contributed by atoms with Gasteiger partial charge in [-0.15, -0.1) is 0 Å². The Hall–Kier alpha value is -1.95. The lowest BCUT2D eigenvalue weighted by molar-refractivity contribution is -0.207. The van der Waals surface area contributed by atoms with Gasteiger partial charge in [-0.05, 0) is 12.2 Å². The Morgan fingerprint density at radius 1 is 1.32 bits per heavy atom. The largest absolute Gasteiger partial charge is 0.507 e. The first-order valence-corrected chi connectivity index (χ1v) is 5.67. The average molecular weight is 262 g/mol. The van der Waals surface area contributed by atoms with Gasteiger partial charge in [0.15, 0.2) is 6.10 Å². The minimum absolute atomic E-state index is 0.0691. The number of Topliss-reactive ketones (excluding diaryl/α,β-unsaturated/α-hetero) is 1. The Morgan fingerprint density at radius 3 is 2.53 bits per heavy atom. The molecule has 2 atom stereocenters. The number of aliphatic hydroxyl groups is 3. The van der Waals surface area contributed by atoms with E-state index in [1.54, 1.807) is 30.3 Å². The van der Waals surface area contributed by atoms with Crippen molar-refractivity contribution in [2.24, 2.45) is 0 Å². The second kappa shape index (κ2) is 4.97. The lowest BCUT2D eigenvalue weighted by Crippen LogP contribution is -2.49. The van der Waals surface area contributed by atoms with Crippen molar-refractivity contribution < 1.29 is 24.9 Å². The molecular formula is C14H14O5. The number of ketones is 1. The van der Waals surface area contributed by atoms with E-state index in [1.165, 1.54) is 13.2 Å². The molecule has 0 radical (unpaired) electrons. The van der Waals surface area contributed by atoms with E-state index < -0.39 is 17.7 Å². The Labute approximate surface area is 110 Å². The van der Waals surface area contributed by atoms with E-state index in [0.29, 0.717) is 5.56 Å². The maximum absolute atomic E-state index is 12.0. The maximum atomic E-state index is 12.0. The van der Waals surface area contributed by atoms with Crippen LogP contribution in [0.1, 0.15) is 5.56 Å². The van der Waals surface area contributed by atoms with Crippen molar-refractivity contribution in [2.75, 3.05) is 7.11 Å². The number of carbonyl (C=O) groups excluding carboxylic acids is 1. The number of ether oxygens (including phenoxy) is 1. The number of hydrogen-bond donors (Lipinski definition) is 3. The summed E-state index contributed by atoms with van der Waals surface area (Å²) in [6, 6.07) is 8.47. The zero-order valence-corrected chi connectivity index (χ0v) is 10.3. The first kappa shape index (κ1) is 13.5. The van der Waals surface area contributed by atoms with Gasteiger partial charge in [-0.2, -0.15) is 0 Å². The molecular weight excluding hydrogens is 248 g/mol. The number of aliphatic hydroxyl groups excluding tert-OH is 2. The lowest BCUT2D eigenvalue weighted by atomic mass is 9.90. The highest BCUT2D eigenvalue weighted by molar-refractivity contribution is 6.08. The molecule has 0 spiro atoms. The monoisotopic (exact) mass is 262 g/mol. The number of benzene rings is 1. The third kappa shape index (κ3) is 2.31. The fourth-order valence-corrected chi connectivity index (χ4v) is 1.84. The number of hydrogen-bond acceptors (Lipinski definition) is 5. The average Bonchev–Trinajstić information content (AvgIpc) is 2.45. The summed E-state index contributed by atoms with van der Waals surface area (Å²) in [7, 11) is 1.17. The van der Waals surface area contributed by atoms with Crippen molar-refractivity contribution in [1.29, 1.82) is 0 Å². The molecule has 0 heterocycles. The molecule has 0 bridgehead atoms. The molecule has 5 heteroatoms. The molecule has 0 saturated carbocycles. The molecule has 1 aromatic carbocycles. The first-order chi connectivity index (χ1) is 8.99. The van der Waals surface area contributed by atoms with Gasteiger partial charge in [-0.25, -0.2) is 0 Å². The zero-order chi connectivity index (χ0) is 14.0. The van der Waals surface area contributed by atoms with Crippen LogP contribution >= 0.6 is 0 Å². The number of carbonyl (C=O) groups is 1.